The van der Waals surface area contributed by atoms with Gasteiger partial charge in [-0.2, -0.15) is 17.6 Å². The first-order valence-corrected chi connectivity index (χ1v) is 9.23. The van der Waals surface area contributed by atoms with Gasteiger partial charge in [-0.3, -0.25) is 4.79 Å². The van der Waals surface area contributed by atoms with Crippen LogP contribution in [0.15, 0.2) is 54.6 Å². The van der Waals surface area contributed by atoms with Gasteiger partial charge in [-0.25, -0.2) is 0 Å². The number of amides is 1. The first kappa shape index (κ1) is 21.5. The minimum absolute atomic E-state index is 0.105. The molecule has 1 amide bonds. The summed E-state index contributed by atoms with van der Waals surface area (Å²) in [5.74, 6) is -0.973. The van der Waals surface area contributed by atoms with Gasteiger partial charge in [0.1, 0.15) is 11.5 Å². The molecule has 1 fully saturated rings. The fourth-order valence-electron chi connectivity index (χ4n) is 3.14. The minimum Gasteiger partial charge on any atom is -0.435 e. The molecule has 1 atom stereocenters. The maximum atomic E-state index is 12.6. The molecule has 0 spiro atoms. The summed E-state index contributed by atoms with van der Waals surface area (Å²) in [7, 11) is 0. The van der Waals surface area contributed by atoms with Crippen LogP contribution >= 0.6 is 0 Å². The van der Waals surface area contributed by atoms with Gasteiger partial charge in [0.2, 0.25) is 5.91 Å². The summed E-state index contributed by atoms with van der Waals surface area (Å²) in [6.45, 7) is -5.20. The summed E-state index contributed by atoms with van der Waals surface area (Å²) >= 11 is 0. The van der Waals surface area contributed by atoms with E-state index in [0.29, 0.717) is 13.1 Å². The highest BCUT2D eigenvalue weighted by Gasteiger charge is 2.25. The van der Waals surface area contributed by atoms with Gasteiger partial charge in [0.25, 0.3) is 0 Å². The van der Waals surface area contributed by atoms with Gasteiger partial charge in [0, 0.05) is 42.5 Å². The summed E-state index contributed by atoms with van der Waals surface area (Å²) in [5.41, 5.74) is 1.11. The van der Waals surface area contributed by atoms with Crippen molar-refractivity contribution >= 4 is 17.7 Å². The van der Waals surface area contributed by atoms with E-state index in [1.54, 1.807) is 4.90 Å². The van der Waals surface area contributed by atoms with Crippen molar-refractivity contribution in [1.29, 1.82) is 0 Å². The molecule has 0 aliphatic carbocycles. The Labute approximate surface area is 170 Å². The lowest BCUT2D eigenvalue weighted by atomic mass is 10.1. The van der Waals surface area contributed by atoms with Gasteiger partial charge in [-0.05, 0) is 36.8 Å². The SMILES string of the molecule is O=C(/C=C/c1ccc(OC(F)F)cc1OC(F)F)N1CCC(Nc2ccccc2)C1. The van der Waals surface area contributed by atoms with Crippen molar-refractivity contribution in [3.05, 3.63) is 60.2 Å². The highest BCUT2D eigenvalue weighted by Crippen LogP contribution is 2.28. The molecule has 0 radical (unpaired) electrons. The van der Waals surface area contributed by atoms with Crippen LogP contribution in [0.25, 0.3) is 6.08 Å². The highest BCUT2D eigenvalue weighted by molar-refractivity contribution is 5.92. The van der Waals surface area contributed by atoms with E-state index in [1.807, 2.05) is 30.3 Å². The van der Waals surface area contributed by atoms with Crippen LogP contribution in [0.1, 0.15) is 12.0 Å². The summed E-state index contributed by atoms with van der Waals surface area (Å²) in [6.07, 6.45) is 3.32. The number of benzene rings is 2. The molecule has 1 aliphatic heterocycles. The van der Waals surface area contributed by atoms with E-state index in [0.717, 1.165) is 18.2 Å². The van der Waals surface area contributed by atoms with E-state index >= 15 is 0 Å². The van der Waals surface area contributed by atoms with Crippen molar-refractivity contribution in [2.45, 2.75) is 25.7 Å². The Morgan fingerprint density at radius 3 is 2.50 bits per heavy atom. The average molecular weight is 424 g/mol. The Kier molecular flexibility index (Phi) is 7.16. The van der Waals surface area contributed by atoms with Crippen molar-refractivity contribution in [3.63, 3.8) is 0 Å². The molecule has 0 saturated carbocycles. The molecule has 2 aromatic rings. The first-order valence-electron chi connectivity index (χ1n) is 9.23. The fourth-order valence-corrected chi connectivity index (χ4v) is 3.14. The summed E-state index contributed by atoms with van der Waals surface area (Å²) in [6, 6.07) is 13.1. The minimum atomic E-state index is -3.15. The van der Waals surface area contributed by atoms with Gasteiger partial charge in [-0.1, -0.05) is 18.2 Å². The smallest absolute Gasteiger partial charge is 0.387 e. The maximum absolute atomic E-state index is 12.6. The van der Waals surface area contributed by atoms with Crippen molar-refractivity contribution in [1.82, 2.24) is 4.90 Å². The Bertz CT molecular complexity index is 878. The Balaban J connectivity index is 1.63. The van der Waals surface area contributed by atoms with E-state index < -0.39 is 13.2 Å². The number of nitrogens with zero attached hydrogens (tertiary/aromatic N) is 1. The topological polar surface area (TPSA) is 50.8 Å². The van der Waals surface area contributed by atoms with E-state index in [9.17, 15) is 22.4 Å². The second-order valence-corrected chi connectivity index (χ2v) is 6.57. The number of alkyl halides is 4. The number of anilines is 1. The second kappa shape index (κ2) is 10.00. The maximum Gasteiger partial charge on any atom is 0.387 e. The third-order valence-corrected chi connectivity index (χ3v) is 4.48. The summed E-state index contributed by atoms with van der Waals surface area (Å²) in [4.78, 5) is 14.1. The molecule has 1 N–H and O–H groups in total. The highest BCUT2D eigenvalue weighted by atomic mass is 19.3. The molecule has 1 aliphatic rings. The number of hydrogen-bond acceptors (Lipinski definition) is 4. The number of ether oxygens (including phenoxy) is 2. The van der Waals surface area contributed by atoms with Crippen LogP contribution in [0.5, 0.6) is 11.5 Å². The van der Waals surface area contributed by atoms with Gasteiger partial charge < -0.3 is 19.7 Å². The Hall–Kier alpha value is -3.23. The zero-order chi connectivity index (χ0) is 21.5. The van der Waals surface area contributed by atoms with Crippen molar-refractivity contribution in [2.24, 2.45) is 0 Å². The Morgan fingerprint density at radius 2 is 1.80 bits per heavy atom. The van der Waals surface area contributed by atoms with Gasteiger partial charge in [0.15, 0.2) is 0 Å². The van der Waals surface area contributed by atoms with Crippen LogP contribution in [0.2, 0.25) is 0 Å². The van der Waals surface area contributed by atoms with Crippen LogP contribution in [-0.2, 0) is 4.79 Å². The molecule has 5 nitrogen and oxygen atoms in total. The fraction of sp³-hybridized carbons (Fsp3) is 0.286. The predicted molar refractivity (Wildman–Crippen MR) is 104 cm³/mol. The van der Waals surface area contributed by atoms with Crippen LogP contribution in [0, 0.1) is 0 Å². The molecule has 3 rings (SSSR count). The standard InChI is InChI=1S/C21H20F4N2O3/c22-20(23)29-17-8-6-14(18(12-17)30-21(24)25)7-9-19(28)27-11-10-16(13-27)26-15-4-2-1-3-5-15/h1-9,12,16,20-21,26H,10-11,13H2/b9-7+. The van der Waals surface area contributed by atoms with E-state index in [2.05, 4.69) is 14.8 Å². The normalized spacial score (nSPS) is 16.5. The largest absolute Gasteiger partial charge is 0.435 e. The first-order chi connectivity index (χ1) is 14.4. The van der Waals surface area contributed by atoms with E-state index in [1.165, 1.54) is 24.3 Å². The lowest BCUT2D eigenvalue weighted by Gasteiger charge is -2.16. The molecule has 160 valence electrons. The van der Waals surface area contributed by atoms with Gasteiger partial charge >= 0.3 is 13.2 Å². The summed E-state index contributed by atoms with van der Waals surface area (Å²) in [5, 5.41) is 3.36. The third kappa shape index (κ3) is 6.13. The molecule has 0 aromatic heterocycles. The summed E-state index contributed by atoms with van der Waals surface area (Å²) < 4.78 is 58.5. The monoisotopic (exact) mass is 424 g/mol. The zero-order valence-corrected chi connectivity index (χ0v) is 15.8. The van der Waals surface area contributed by atoms with Crippen molar-refractivity contribution in [3.8, 4) is 11.5 Å². The number of rotatable bonds is 8. The zero-order valence-electron chi connectivity index (χ0n) is 15.8. The lowest BCUT2D eigenvalue weighted by Crippen LogP contribution is -2.30. The van der Waals surface area contributed by atoms with Gasteiger partial charge in [0.05, 0.1) is 0 Å². The number of carbonyl (C=O) groups is 1. The quantitative estimate of drug-likeness (QED) is 0.497. The van der Waals surface area contributed by atoms with E-state index in [4.69, 9.17) is 0 Å². The number of likely N-dealkylation sites (tertiary alicyclic amines) is 1. The van der Waals surface area contributed by atoms with Crippen LogP contribution in [0.3, 0.4) is 0 Å². The lowest BCUT2D eigenvalue weighted by molar-refractivity contribution is -0.124. The second-order valence-electron chi connectivity index (χ2n) is 6.57. The molecular weight excluding hydrogens is 404 g/mol. The molecule has 1 saturated heterocycles. The van der Waals surface area contributed by atoms with Crippen molar-refractivity contribution < 1.29 is 31.8 Å². The van der Waals surface area contributed by atoms with Crippen LogP contribution in [0.4, 0.5) is 23.2 Å². The molecule has 30 heavy (non-hydrogen) atoms. The predicted octanol–water partition coefficient (Wildman–Crippen LogP) is 4.62. The molecule has 0 bridgehead atoms. The Morgan fingerprint density at radius 1 is 1.07 bits per heavy atom. The molecule has 9 heteroatoms. The molecule has 2 aromatic carbocycles. The number of nitrogens with one attached hydrogen (secondary N) is 1. The average Bonchev–Trinajstić information content (AvgIpc) is 3.15. The number of para-hydroxylation sites is 1. The number of carbonyl (C=O) groups excluding carboxylic acids is 1. The molecular formula is C21H20F4N2O3. The number of halogens is 4. The molecule has 1 unspecified atom stereocenters. The number of hydrogen-bond donors (Lipinski definition) is 1. The van der Waals surface area contributed by atoms with Crippen LogP contribution < -0.4 is 14.8 Å². The van der Waals surface area contributed by atoms with Crippen molar-refractivity contribution in [2.75, 3.05) is 18.4 Å². The molecule has 1 heterocycles. The van der Waals surface area contributed by atoms with E-state index in [-0.39, 0.29) is 29.0 Å². The van der Waals surface area contributed by atoms with Crippen LogP contribution in [-0.4, -0.2) is 43.2 Å². The van der Waals surface area contributed by atoms with Gasteiger partial charge in [-0.15, -0.1) is 0 Å². The third-order valence-electron chi connectivity index (χ3n) is 4.48.